The Kier molecular flexibility index (Phi) is 4.55. The number of imidazole rings is 1. The molecule has 0 saturated carbocycles. The molecule has 7 heteroatoms. The Balaban J connectivity index is 2.02. The Labute approximate surface area is 124 Å². The van der Waals surface area contributed by atoms with Crippen LogP contribution in [-0.4, -0.2) is 26.5 Å². The number of carbonyl (C=O) groups excluding carboxylic acids is 1. The van der Waals surface area contributed by atoms with Crippen LogP contribution < -0.4 is 5.32 Å². The normalized spacial score (nSPS) is 12.2. The molecule has 19 heavy (non-hydrogen) atoms. The maximum Gasteiger partial charge on any atom is 0.254 e. The van der Waals surface area contributed by atoms with Crippen molar-refractivity contribution in [1.82, 2.24) is 19.9 Å². The summed E-state index contributed by atoms with van der Waals surface area (Å²) in [5.41, 5.74) is 0.355. The van der Waals surface area contributed by atoms with Crippen molar-refractivity contribution in [3.8, 4) is 0 Å². The molecule has 2 aromatic heterocycles. The van der Waals surface area contributed by atoms with Crippen LogP contribution in [0.5, 0.6) is 0 Å². The summed E-state index contributed by atoms with van der Waals surface area (Å²) in [5.74, 6) is -0.244. The lowest BCUT2D eigenvalue weighted by Gasteiger charge is -2.14. The van der Waals surface area contributed by atoms with Gasteiger partial charge in [-0.05, 0) is 28.9 Å². The molecule has 1 unspecified atom stereocenters. The number of hydrogen-bond acceptors (Lipinski definition) is 3. The highest BCUT2D eigenvalue weighted by atomic mass is 79.9. The second-order valence-corrected chi connectivity index (χ2v) is 5.40. The first-order chi connectivity index (χ1) is 9.06. The average Bonchev–Trinajstić information content (AvgIpc) is 2.84. The number of nitrogens with zero attached hydrogens (tertiary/aromatic N) is 3. The lowest BCUT2D eigenvalue weighted by molar-refractivity contribution is 0.0936. The summed E-state index contributed by atoms with van der Waals surface area (Å²) in [6.07, 6.45) is 6.80. The first-order valence-electron chi connectivity index (χ1n) is 5.64. The Hall–Kier alpha value is -1.40. The van der Waals surface area contributed by atoms with Crippen molar-refractivity contribution in [3.05, 3.63) is 46.2 Å². The zero-order valence-corrected chi connectivity index (χ0v) is 12.5. The predicted octanol–water partition coefficient (Wildman–Crippen LogP) is 2.51. The molecule has 1 atom stereocenters. The third-order valence-corrected chi connectivity index (χ3v) is 3.21. The van der Waals surface area contributed by atoms with E-state index in [4.69, 9.17) is 11.6 Å². The van der Waals surface area contributed by atoms with Crippen LogP contribution in [0.15, 0.2) is 35.5 Å². The minimum Gasteiger partial charge on any atom is -0.348 e. The molecular weight excluding hydrogens is 332 g/mol. The molecule has 0 bridgehead atoms. The molecule has 2 heterocycles. The molecule has 2 rings (SSSR count). The molecule has 0 aromatic carbocycles. The number of amides is 1. The monoisotopic (exact) mass is 342 g/mol. The fourth-order valence-corrected chi connectivity index (χ4v) is 2.16. The maximum atomic E-state index is 12.1. The number of hydrogen-bond donors (Lipinski definition) is 1. The van der Waals surface area contributed by atoms with Gasteiger partial charge in [-0.3, -0.25) is 4.79 Å². The third kappa shape index (κ3) is 3.78. The predicted molar refractivity (Wildman–Crippen MR) is 76.1 cm³/mol. The van der Waals surface area contributed by atoms with Gasteiger partial charge in [-0.2, -0.15) is 0 Å². The largest absolute Gasteiger partial charge is 0.348 e. The average molecular weight is 344 g/mol. The van der Waals surface area contributed by atoms with Gasteiger partial charge in [0.05, 0.1) is 11.9 Å². The van der Waals surface area contributed by atoms with Crippen LogP contribution in [0.1, 0.15) is 17.3 Å². The number of rotatable bonds is 4. The highest BCUT2D eigenvalue weighted by Crippen LogP contribution is 2.18. The van der Waals surface area contributed by atoms with Crippen LogP contribution in [0.4, 0.5) is 0 Å². The number of halogens is 2. The van der Waals surface area contributed by atoms with Gasteiger partial charge in [0.2, 0.25) is 0 Å². The Morgan fingerprint density at radius 3 is 3.11 bits per heavy atom. The van der Waals surface area contributed by atoms with Crippen molar-refractivity contribution < 1.29 is 4.79 Å². The lowest BCUT2D eigenvalue weighted by atomic mass is 10.2. The first-order valence-corrected chi connectivity index (χ1v) is 6.81. The lowest BCUT2D eigenvalue weighted by Crippen LogP contribution is -2.35. The van der Waals surface area contributed by atoms with Crippen molar-refractivity contribution in [1.29, 1.82) is 0 Å². The van der Waals surface area contributed by atoms with Crippen molar-refractivity contribution in [2.75, 3.05) is 0 Å². The molecule has 0 fully saturated rings. The Bertz CT molecular complexity index is 573. The van der Waals surface area contributed by atoms with E-state index in [0.717, 1.165) is 0 Å². The molecule has 1 amide bonds. The standard InChI is InChI=1S/C12H12BrClN4O/c1-8(6-18-3-2-15-7-18)17-12(19)10-4-9(13)5-16-11(10)14/h2-5,7-8H,6H2,1H3,(H,17,19). The molecule has 1 N–H and O–H groups in total. The molecular formula is C12H12BrClN4O. The summed E-state index contributed by atoms with van der Waals surface area (Å²) in [6, 6.07) is 1.60. The molecule has 100 valence electrons. The second kappa shape index (κ2) is 6.16. The quantitative estimate of drug-likeness (QED) is 0.868. The number of carbonyl (C=O) groups is 1. The van der Waals surface area contributed by atoms with Gasteiger partial charge in [-0.1, -0.05) is 11.6 Å². The van der Waals surface area contributed by atoms with Crippen LogP contribution in [0.3, 0.4) is 0 Å². The molecule has 0 aliphatic rings. The first kappa shape index (κ1) is 14.0. The highest BCUT2D eigenvalue weighted by molar-refractivity contribution is 9.10. The van der Waals surface area contributed by atoms with Crippen LogP contribution in [0, 0.1) is 0 Å². The Morgan fingerprint density at radius 1 is 1.63 bits per heavy atom. The SMILES string of the molecule is CC(Cn1ccnc1)NC(=O)c1cc(Br)cnc1Cl. The summed E-state index contributed by atoms with van der Waals surface area (Å²) in [7, 11) is 0. The number of aromatic nitrogens is 3. The highest BCUT2D eigenvalue weighted by Gasteiger charge is 2.14. The summed E-state index contributed by atoms with van der Waals surface area (Å²) in [6.45, 7) is 2.56. The van der Waals surface area contributed by atoms with Gasteiger partial charge in [0.25, 0.3) is 5.91 Å². The van der Waals surface area contributed by atoms with Crippen LogP contribution in [0.25, 0.3) is 0 Å². The summed E-state index contributed by atoms with van der Waals surface area (Å²) < 4.78 is 2.61. The van der Waals surface area contributed by atoms with E-state index in [1.807, 2.05) is 17.7 Å². The van der Waals surface area contributed by atoms with Crippen molar-refractivity contribution in [2.24, 2.45) is 0 Å². The van der Waals surface area contributed by atoms with Gasteiger partial charge in [-0.15, -0.1) is 0 Å². The molecule has 0 radical (unpaired) electrons. The molecule has 0 aliphatic carbocycles. The molecule has 2 aromatic rings. The zero-order chi connectivity index (χ0) is 13.8. The number of nitrogens with one attached hydrogen (secondary N) is 1. The van der Waals surface area contributed by atoms with E-state index in [2.05, 4.69) is 31.2 Å². The minimum atomic E-state index is -0.244. The molecule has 0 aliphatic heterocycles. The minimum absolute atomic E-state index is 0.0447. The summed E-state index contributed by atoms with van der Waals surface area (Å²) >= 11 is 9.18. The zero-order valence-electron chi connectivity index (χ0n) is 10.2. The van der Waals surface area contributed by atoms with Crippen molar-refractivity contribution in [2.45, 2.75) is 19.5 Å². The van der Waals surface area contributed by atoms with E-state index in [-0.39, 0.29) is 17.1 Å². The van der Waals surface area contributed by atoms with Gasteiger partial charge in [0.1, 0.15) is 5.15 Å². The van der Waals surface area contributed by atoms with Gasteiger partial charge in [0.15, 0.2) is 0 Å². The van der Waals surface area contributed by atoms with Crippen molar-refractivity contribution in [3.63, 3.8) is 0 Å². The van der Waals surface area contributed by atoms with Crippen molar-refractivity contribution >= 4 is 33.4 Å². The second-order valence-electron chi connectivity index (χ2n) is 4.13. The molecule has 0 saturated heterocycles. The Morgan fingerprint density at radius 2 is 2.42 bits per heavy atom. The van der Waals surface area contributed by atoms with E-state index in [1.54, 1.807) is 24.8 Å². The van der Waals surface area contributed by atoms with E-state index in [9.17, 15) is 4.79 Å². The van der Waals surface area contributed by atoms with Crippen LogP contribution in [0.2, 0.25) is 5.15 Å². The maximum absolute atomic E-state index is 12.1. The molecule has 5 nitrogen and oxygen atoms in total. The third-order valence-electron chi connectivity index (χ3n) is 2.47. The summed E-state index contributed by atoms with van der Waals surface area (Å²) in [4.78, 5) is 20.0. The van der Waals surface area contributed by atoms with Gasteiger partial charge < -0.3 is 9.88 Å². The van der Waals surface area contributed by atoms with Gasteiger partial charge in [0, 0.05) is 35.6 Å². The molecule has 0 spiro atoms. The fourth-order valence-electron chi connectivity index (χ4n) is 1.64. The topological polar surface area (TPSA) is 59.8 Å². The number of pyridine rings is 1. The van der Waals surface area contributed by atoms with E-state index in [0.29, 0.717) is 16.6 Å². The van der Waals surface area contributed by atoms with Crippen LogP contribution in [-0.2, 0) is 6.54 Å². The summed E-state index contributed by atoms with van der Waals surface area (Å²) in [5, 5.41) is 3.06. The van der Waals surface area contributed by atoms with Crippen LogP contribution >= 0.6 is 27.5 Å². The van der Waals surface area contributed by atoms with E-state index in [1.165, 1.54) is 0 Å². The van der Waals surface area contributed by atoms with E-state index >= 15 is 0 Å². The fraction of sp³-hybridized carbons (Fsp3) is 0.250. The van der Waals surface area contributed by atoms with Gasteiger partial charge >= 0.3 is 0 Å². The van der Waals surface area contributed by atoms with E-state index < -0.39 is 0 Å². The van der Waals surface area contributed by atoms with Gasteiger partial charge in [-0.25, -0.2) is 9.97 Å². The smallest absolute Gasteiger partial charge is 0.254 e.